The molecule has 1 aromatic carbocycles. The smallest absolute Gasteiger partial charge is 0.312 e. The van der Waals surface area contributed by atoms with E-state index in [0.29, 0.717) is 17.2 Å². The highest BCUT2D eigenvalue weighted by Crippen LogP contribution is 2.21. The second kappa shape index (κ2) is 6.30. The van der Waals surface area contributed by atoms with E-state index in [9.17, 15) is 14.3 Å². The Morgan fingerprint density at radius 2 is 2.14 bits per heavy atom. The number of rotatable bonds is 5. The van der Waals surface area contributed by atoms with Crippen LogP contribution in [0.3, 0.4) is 0 Å². The van der Waals surface area contributed by atoms with Crippen molar-refractivity contribution < 1.29 is 14.3 Å². The minimum atomic E-state index is -0.998. The minimum Gasteiger partial charge on any atom is -0.481 e. The van der Waals surface area contributed by atoms with Gasteiger partial charge in [0.05, 0.1) is 5.69 Å². The van der Waals surface area contributed by atoms with Gasteiger partial charge in [-0.2, -0.15) is 0 Å². The van der Waals surface area contributed by atoms with Crippen molar-refractivity contribution in [3.8, 4) is 0 Å². The molecule has 110 valence electrons. The van der Waals surface area contributed by atoms with E-state index in [1.807, 2.05) is 0 Å². The first-order valence-corrected chi connectivity index (χ1v) is 6.45. The number of halogens is 1. The van der Waals surface area contributed by atoms with E-state index in [-0.39, 0.29) is 12.2 Å². The van der Waals surface area contributed by atoms with Crippen molar-refractivity contribution in [3.63, 3.8) is 0 Å². The molecule has 5 nitrogen and oxygen atoms in total. The number of anilines is 1. The summed E-state index contributed by atoms with van der Waals surface area (Å²) in [6, 6.07) is 7.51. The number of carboxylic acids is 1. The third kappa shape index (κ3) is 3.75. The lowest BCUT2D eigenvalue weighted by molar-refractivity contribution is -0.138. The lowest BCUT2D eigenvalue weighted by atomic mass is 9.96. The van der Waals surface area contributed by atoms with Crippen LogP contribution >= 0.6 is 0 Å². The molecular weight excluding hydrogens is 273 g/mol. The molecule has 1 aromatic heterocycles. The lowest BCUT2D eigenvalue weighted by Crippen LogP contribution is -2.19. The molecule has 0 aliphatic carbocycles. The van der Waals surface area contributed by atoms with Crippen LogP contribution in [0.15, 0.2) is 36.5 Å². The first-order valence-electron chi connectivity index (χ1n) is 6.45. The van der Waals surface area contributed by atoms with E-state index in [0.717, 1.165) is 0 Å². The highest BCUT2D eigenvalue weighted by atomic mass is 19.1. The van der Waals surface area contributed by atoms with Crippen LogP contribution in [0.5, 0.6) is 0 Å². The van der Waals surface area contributed by atoms with Crippen molar-refractivity contribution in [1.82, 2.24) is 9.97 Å². The van der Waals surface area contributed by atoms with E-state index in [1.165, 1.54) is 18.3 Å². The zero-order valence-corrected chi connectivity index (χ0v) is 11.8. The van der Waals surface area contributed by atoms with Crippen LogP contribution in [0.4, 0.5) is 10.3 Å². The largest absolute Gasteiger partial charge is 0.481 e. The van der Waals surface area contributed by atoms with Crippen molar-refractivity contribution in [2.45, 2.75) is 12.3 Å². The molecule has 0 bridgehead atoms. The van der Waals surface area contributed by atoms with Crippen LogP contribution in [-0.2, 0) is 11.2 Å². The molecule has 0 amide bonds. The Labute approximate surface area is 122 Å². The highest BCUT2D eigenvalue weighted by Gasteiger charge is 2.22. The third-order valence-electron chi connectivity index (χ3n) is 3.05. The molecule has 6 heteroatoms. The molecule has 0 saturated heterocycles. The van der Waals surface area contributed by atoms with Crippen LogP contribution < -0.4 is 4.90 Å². The zero-order valence-electron chi connectivity index (χ0n) is 11.8. The van der Waals surface area contributed by atoms with Crippen molar-refractivity contribution >= 4 is 11.9 Å². The fourth-order valence-corrected chi connectivity index (χ4v) is 1.99. The standard InChI is InChI=1S/C15H16FN3O2/c1-19(2)15-17-7-6-13(18-15)12(14(20)21)9-10-4-3-5-11(16)8-10/h3-8,12H,9H2,1-2H3,(H,20,21). The predicted molar refractivity (Wildman–Crippen MR) is 76.8 cm³/mol. The fraction of sp³-hybridized carbons (Fsp3) is 0.267. The number of aromatic nitrogens is 2. The number of benzene rings is 1. The second-order valence-electron chi connectivity index (χ2n) is 4.90. The van der Waals surface area contributed by atoms with Gasteiger partial charge < -0.3 is 10.0 Å². The Morgan fingerprint density at radius 3 is 2.76 bits per heavy atom. The summed E-state index contributed by atoms with van der Waals surface area (Å²) >= 11 is 0. The van der Waals surface area contributed by atoms with Crippen molar-refractivity contribution in [2.75, 3.05) is 19.0 Å². The summed E-state index contributed by atoms with van der Waals surface area (Å²) < 4.78 is 13.2. The van der Waals surface area contributed by atoms with E-state index in [2.05, 4.69) is 9.97 Å². The van der Waals surface area contributed by atoms with E-state index in [1.54, 1.807) is 37.2 Å². The zero-order chi connectivity index (χ0) is 15.4. The summed E-state index contributed by atoms with van der Waals surface area (Å²) in [5.74, 6) is -1.78. The maximum Gasteiger partial charge on any atom is 0.312 e. The number of hydrogen-bond acceptors (Lipinski definition) is 4. The SMILES string of the molecule is CN(C)c1nccc(C(Cc2cccc(F)c2)C(=O)O)n1. The van der Waals surface area contributed by atoms with Crippen molar-refractivity contribution in [2.24, 2.45) is 0 Å². The summed E-state index contributed by atoms with van der Waals surface area (Å²) in [6.07, 6.45) is 1.70. The Bertz CT molecular complexity index is 646. The van der Waals surface area contributed by atoms with Gasteiger partial charge in [0.2, 0.25) is 5.95 Å². The lowest BCUT2D eigenvalue weighted by Gasteiger charge is -2.15. The van der Waals surface area contributed by atoms with Gasteiger partial charge in [-0.25, -0.2) is 14.4 Å². The van der Waals surface area contributed by atoms with Gasteiger partial charge in [0, 0.05) is 20.3 Å². The Kier molecular flexibility index (Phi) is 4.47. The molecule has 1 unspecified atom stereocenters. The number of hydrogen-bond donors (Lipinski definition) is 1. The van der Waals surface area contributed by atoms with Gasteiger partial charge in [0.25, 0.3) is 0 Å². The molecule has 0 radical (unpaired) electrons. The molecule has 1 atom stereocenters. The fourth-order valence-electron chi connectivity index (χ4n) is 1.99. The quantitative estimate of drug-likeness (QED) is 0.913. The summed E-state index contributed by atoms with van der Waals surface area (Å²) in [7, 11) is 3.56. The molecule has 1 heterocycles. The van der Waals surface area contributed by atoms with Gasteiger partial charge in [0.15, 0.2) is 0 Å². The van der Waals surface area contributed by atoms with Crippen molar-refractivity contribution in [1.29, 1.82) is 0 Å². The molecule has 1 N–H and O–H groups in total. The average Bonchev–Trinajstić information content (AvgIpc) is 2.44. The summed E-state index contributed by atoms with van der Waals surface area (Å²) in [6.45, 7) is 0. The van der Waals surface area contributed by atoms with Crippen LogP contribution in [0.1, 0.15) is 17.2 Å². The molecular formula is C15H16FN3O2. The Hall–Kier alpha value is -2.50. The van der Waals surface area contributed by atoms with E-state index < -0.39 is 11.9 Å². The summed E-state index contributed by atoms with van der Waals surface area (Å²) in [5.41, 5.74) is 1.03. The topological polar surface area (TPSA) is 66.3 Å². The molecule has 0 aliphatic rings. The van der Waals surface area contributed by atoms with Crippen LogP contribution in [0, 0.1) is 5.82 Å². The molecule has 21 heavy (non-hydrogen) atoms. The Morgan fingerprint density at radius 1 is 1.38 bits per heavy atom. The van der Waals surface area contributed by atoms with Crippen LogP contribution in [0.2, 0.25) is 0 Å². The van der Waals surface area contributed by atoms with Gasteiger partial charge in [-0.05, 0) is 30.2 Å². The maximum absolute atomic E-state index is 13.2. The van der Waals surface area contributed by atoms with Crippen LogP contribution in [0.25, 0.3) is 0 Å². The molecule has 2 aromatic rings. The molecule has 0 saturated carbocycles. The van der Waals surface area contributed by atoms with Gasteiger partial charge in [-0.3, -0.25) is 4.79 Å². The second-order valence-corrected chi connectivity index (χ2v) is 4.90. The number of aliphatic carboxylic acids is 1. The third-order valence-corrected chi connectivity index (χ3v) is 3.05. The molecule has 0 fully saturated rings. The summed E-state index contributed by atoms with van der Waals surface area (Å²) in [4.78, 5) is 21.5. The monoisotopic (exact) mass is 289 g/mol. The number of carbonyl (C=O) groups is 1. The van der Waals surface area contributed by atoms with Crippen LogP contribution in [-0.4, -0.2) is 35.1 Å². The van der Waals surface area contributed by atoms with Gasteiger partial charge in [-0.15, -0.1) is 0 Å². The average molecular weight is 289 g/mol. The number of carboxylic acid groups (broad SMARTS) is 1. The van der Waals surface area contributed by atoms with E-state index in [4.69, 9.17) is 0 Å². The predicted octanol–water partition coefficient (Wildman–Crippen LogP) is 2.09. The highest BCUT2D eigenvalue weighted by molar-refractivity contribution is 5.76. The first-order chi connectivity index (χ1) is 9.97. The number of nitrogens with zero attached hydrogens (tertiary/aromatic N) is 3. The molecule has 0 aliphatic heterocycles. The van der Waals surface area contributed by atoms with Gasteiger partial charge in [0.1, 0.15) is 11.7 Å². The molecule has 0 spiro atoms. The molecule has 2 rings (SSSR count). The van der Waals surface area contributed by atoms with Crippen molar-refractivity contribution in [3.05, 3.63) is 53.6 Å². The minimum absolute atomic E-state index is 0.178. The van der Waals surface area contributed by atoms with Gasteiger partial charge in [-0.1, -0.05) is 12.1 Å². The van der Waals surface area contributed by atoms with E-state index >= 15 is 0 Å². The first kappa shape index (κ1) is 14.9. The van der Waals surface area contributed by atoms with Gasteiger partial charge >= 0.3 is 5.97 Å². The normalized spacial score (nSPS) is 12.0. The Balaban J connectivity index is 2.31. The maximum atomic E-state index is 13.2. The summed E-state index contributed by atoms with van der Waals surface area (Å²) in [5, 5.41) is 9.42.